The third kappa shape index (κ3) is 2.73. The topological polar surface area (TPSA) is 74.6 Å². The van der Waals surface area contributed by atoms with Gasteiger partial charge in [0, 0.05) is 4.90 Å². The first-order chi connectivity index (χ1) is 7.45. The summed E-state index contributed by atoms with van der Waals surface area (Å²) in [7, 11) is 0. The predicted octanol–water partition coefficient (Wildman–Crippen LogP) is 1.87. The summed E-state index contributed by atoms with van der Waals surface area (Å²) in [6.45, 7) is 0. The molecule has 0 heterocycles. The van der Waals surface area contributed by atoms with Crippen molar-refractivity contribution in [2.75, 3.05) is 6.26 Å². The molecule has 0 aliphatic heterocycles. The lowest BCUT2D eigenvalue weighted by atomic mass is 10.1. The first kappa shape index (κ1) is 12.5. The fourth-order valence-corrected chi connectivity index (χ4v) is 1.88. The summed E-state index contributed by atoms with van der Waals surface area (Å²) in [6.07, 6.45) is 1.34. The summed E-state index contributed by atoms with van der Waals surface area (Å²) >= 11 is 1.18. The summed E-state index contributed by atoms with van der Waals surface area (Å²) in [5, 5.41) is 17.3. The quantitative estimate of drug-likeness (QED) is 0.791. The van der Waals surface area contributed by atoms with E-state index in [2.05, 4.69) is 0 Å². The maximum Gasteiger partial charge on any atom is 0.338 e. The molecule has 0 fully saturated rings. The van der Waals surface area contributed by atoms with Gasteiger partial charge in [-0.1, -0.05) is 0 Å². The van der Waals surface area contributed by atoms with Gasteiger partial charge in [0.1, 0.15) is 5.82 Å². The van der Waals surface area contributed by atoms with E-state index in [0.29, 0.717) is 4.90 Å². The predicted molar refractivity (Wildman–Crippen MR) is 56.5 cm³/mol. The number of thioether (sulfide) groups is 1. The molecule has 1 aromatic rings. The first-order valence-electron chi connectivity index (χ1n) is 4.27. The minimum absolute atomic E-state index is 0.280. The van der Waals surface area contributed by atoms with Crippen molar-refractivity contribution >= 4 is 23.7 Å². The molecule has 86 valence electrons. The van der Waals surface area contributed by atoms with Crippen LogP contribution in [0.1, 0.15) is 15.9 Å². The lowest BCUT2D eigenvalue weighted by Gasteiger charge is -2.07. The molecular weight excluding hydrogens is 235 g/mol. The fraction of sp³-hybridized carbons (Fsp3) is 0.200. The van der Waals surface area contributed by atoms with Gasteiger partial charge in [0.05, 0.1) is 12.0 Å². The van der Waals surface area contributed by atoms with Gasteiger partial charge >= 0.3 is 11.9 Å². The number of rotatable bonds is 4. The molecule has 0 aromatic heterocycles. The van der Waals surface area contributed by atoms with Crippen molar-refractivity contribution in [3.8, 4) is 0 Å². The van der Waals surface area contributed by atoms with E-state index in [0.717, 1.165) is 12.1 Å². The molecule has 0 bridgehead atoms. The number of aliphatic carboxylic acids is 1. The van der Waals surface area contributed by atoms with E-state index in [1.54, 1.807) is 6.26 Å². The van der Waals surface area contributed by atoms with Gasteiger partial charge < -0.3 is 10.2 Å². The van der Waals surface area contributed by atoms with Crippen LogP contribution in [-0.4, -0.2) is 28.4 Å². The average molecular weight is 244 g/mol. The normalized spacial score (nSPS) is 10.1. The van der Waals surface area contributed by atoms with Gasteiger partial charge in [-0.2, -0.15) is 0 Å². The van der Waals surface area contributed by atoms with Crippen molar-refractivity contribution < 1.29 is 24.2 Å². The van der Waals surface area contributed by atoms with Crippen molar-refractivity contribution in [2.24, 2.45) is 0 Å². The highest BCUT2D eigenvalue weighted by Crippen LogP contribution is 2.24. The SMILES string of the molecule is CSc1cc(C(=O)O)c(F)cc1CC(=O)O. The third-order valence-electron chi connectivity index (χ3n) is 1.94. The van der Waals surface area contributed by atoms with E-state index in [-0.39, 0.29) is 12.0 Å². The first-order valence-corrected chi connectivity index (χ1v) is 5.49. The van der Waals surface area contributed by atoms with Gasteiger partial charge in [-0.3, -0.25) is 4.79 Å². The zero-order chi connectivity index (χ0) is 12.3. The molecular formula is C10H9FO4S. The second-order valence-electron chi connectivity index (χ2n) is 3.02. The van der Waals surface area contributed by atoms with E-state index in [1.807, 2.05) is 0 Å². The minimum atomic E-state index is -1.37. The van der Waals surface area contributed by atoms with Gasteiger partial charge in [0.15, 0.2) is 0 Å². The Kier molecular flexibility index (Phi) is 3.89. The molecule has 0 atom stereocenters. The van der Waals surface area contributed by atoms with Gasteiger partial charge in [0.25, 0.3) is 0 Å². The average Bonchev–Trinajstić information content (AvgIpc) is 2.16. The maximum absolute atomic E-state index is 13.3. The summed E-state index contributed by atoms with van der Waals surface area (Å²) < 4.78 is 13.3. The van der Waals surface area contributed by atoms with Crippen LogP contribution in [-0.2, 0) is 11.2 Å². The lowest BCUT2D eigenvalue weighted by molar-refractivity contribution is -0.136. The zero-order valence-electron chi connectivity index (χ0n) is 8.36. The highest BCUT2D eigenvalue weighted by molar-refractivity contribution is 7.98. The minimum Gasteiger partial charge on any atom is -0.481 e. The van der Waals surface area contributed by atoms with Gasteiger partial charge in [-0.25, -0.2) is 9.18 Å². The molecule has 16 heavy (non-hydrogen) atoms. The maximum atomic E-state index is 13.3. The molecule has 0 unspecified atom stereocenters. The number of halogens is 1. The van der Waals surface area contributed by atoms with Crippen molar-refractivity contribution in [3.63, 3.8) is 0 Å². The number of carboxylic acids is 2. The van der Waals surface area contributed by atoms with Crippen molar-refractivity contribution in [1.82, 2.24) is 0 Å². The number of aromatic carboxylic acids is 1. The Labute approximate surface area is 95.1 Å². The summed E-state index contributed by atoms with van der Waals surface area (Å²) in [6, 6.07) is 2.12. The number of benzene rings is 1. The monoisotopic (exact) mass is 244 g/mol. The van der Waals surface area contributed by atoms with Crippen molar-refractivity contribution in [2.45, 2.75) is 11.3 Å². The van der Waals surface area contributed by atoms with E-state index in [4.69, 9.17) is 10.2 Å². The van der Waals surface area contributed by atoms with E-state index in [1.165, 1.54) is 11.8 Å². The van der Waals surface area contributed by atoms with Crippen LogP contribution in [0.2, 0.25) is 0 Å². The Hall–Kier alpha value is -1.56. The second-order valence-corrected chi connectivity index (χ2v) is 3.87. The Morgan fingerprint density at radius 2 is 2.00 bits per heavy atom. The molecule has 0 spiro atoms. The third-order valence-corrected chi connectivity index (χ3v) is 2.76. The Bertz CT molecular complexity index is 445. The van der Waals surface area contributed by atoms with Gasteiger partial charge in [0.2, 0.25) is 0 Å². The smallest absolute Gasteiger partial charge is 0.338 e. The number of hydrogen-bond donors (Lipinski definition) is 2. The molecule has 0 aliphatic rings. The molecule has 1 aromatic carbocycles. The van der Waals surface area contributed by atoms with Crippen LogP contribution >= 0.6 is 11.8 Å². The zero-order valence-corrected chi connectivity index (χ0v) is 9.18. The van der Waals surface area contributed by atoms with Gasteiger partial charge in [-0.05, 0) is 24.0 Å². The van der Waals surface area contributed by atoms with Crippen LogP contribution in [0.25, 0.3) is 0 Å². The molecule has 6 heteroatoms. The van der Waals surface area contributed by atoms with E-state index >= 15 is 0 Å². The van der Waals surface area contributed by atoms with Crippen LogP contribution < -0.4 is 0 Å². The summed E-state index contributed by atoms with van der Waals surface area (Å²) in [5.41, 5.74) is -0.166. The largest absolute Gasteiger partial charge is 0.481 e. The van der Waals surface area contributed by atoms with Crippen LogP contribution in [0.3, 0.4) is 0 Å². The van der Waals surface area contributed by atoms with E-state index < -0.39 is 23.3 Å². The molecule has 2 N–H and O–H groups in total. The van der Waals surface area contributed by atoms with Crippen molar-refractivity contribution in [1.29, 1.82) is 0 Å². The molecule has 4 nitrogen and oxygen atoms in total. The Morgan fingerprint density at radius 3 is 2.44 bits per heavy atom. The fourth-order valence-electron chi connectivity index (χ4n) is 1.25. The number of carboxylic acid groups (broad SMARTS) is 2. The highest BCUT2D eigenvalue weighted by Gasteiger charge is 2.16. The molecule has 0 amide bonds. The molecule has 0 radical (unpaired) electrons. The van der Waals surface area contributed by atoms with Crippen molar-refractivity contribution in [3.05, 3.63) is 29.1 Å². The Balaban J connectivity index is 3.26. The molecule has 0 saturated carbocycles. The summed E-state index contributed by atoms with van der Waals surface area (Å²) in [5.74, 6) is -3.37. The Morgan fingerprint density at radius 1 is 1.38 bits per heavy atom. The van der Waals surface area contributed by atoms with Gasteiger partial charge in [-0.15, -0.1) is 11.8 Å². The molecule has 0 aliphatic carbocycles. The standard InChI is InChI=1S/C10H9FO4S/c1-16-8-4-6(10(14)15)7(11)2-5(8)3-9(12)13/h2,4H,3H2,1H3,(H,12,13)(H,14,15). The summed E-state index contributed by atoms with van der Waals surface area (Å²) in [4.78, 5) is 21.6. The number of carbonyl (C=O) groups is 2. The second kappa shape index (κ2) is 4.98. The van der Waals surface area contributed by atoms with E-state index in [9.17, 15) is 14.0 Å². The molecule has 0 saturated heterocycles. The highest BCUT2D eigenvalue weighted by atomic mass is 32.2. The van der Waals surface area contributed by atoms with Crippen LogP contribution in [0.4, 0.5) is 4.39 Å². The molecule has 1 rings (SSSR count). The van der Waals surface area contributed by atoms with Crippen LogP contribution in [0.5, 0.6) is 0 Å². The number of hydrogen-bond acceptors (Lipinski definition) is 3. The van der Waals surface area contributed by atoms with Crippen LogP contribution in [0.15, 0.2) is 17.0 Å². The van der Waals surface area contributed by atoms with Crippen LogP contribution in [0, 0.1) is 5.82 Å². The lowest BCUT2D eigenvalue weighted by Crippen LogP contribution is -2.06.